The van der Waals surface area contributed by atoms with E-state index in [1.807, 2.05) is 41.3 Å². The lowest BCUT2D eigenvalue weighted by Gasteiger charge is -2.25. The van der Waals surface area contributed by atoms with E-state index in [-0.39, 0.29) is 11.3 Å². The van der Waals surface area contributed by atoms with Crippen LogP contribution in [0.5, 0.6) is 0 Å². The zero-order chi connectivity index (χ0) is 16.7. The summed E-state index contributed by atoms with van der Waals surface area (Å²) < 4.78 is 0. The van der Waals surface area contributed by atoms with Crippen molar-refractivity contribution in [1.29, 1.82) is 0 Å². The fourth-order valence-electron chi connectivity index (χ4n) is 2.96. The molecule has 1 atom stereocenters. The van der Waals surface area contributed by atoms with Gasteiger partial charge in [-0.15, -0.1) is 11.8 Å². The van der Waals surface area contributed by atoms with Crippen molar-refractivity contribution in [1.82, 2.24) is 0 Å². The first-order chi connectivity index (χ1) is 11.6. The van der Waals surface area contributed by atoms with Crippen LogP contribution in [-0.4, -0.2) is 11.7 Å². The third-order valence-corrected chi connectivity index (χ3v) is 5.86. The number of amides is 1. The lowest BCUT2D eigenvalue weighted by Crippen LogP contribution is -2.27. The fraction of sp³-hybridized carbons (Fsp3) is 0.105. The van der Waals surface area contributed by atoms with E-state index in [9.17, 15) is 4.79 Å². The van der Waals surface area contributed by atoms with Gasteiger partial charge in [-0.1, -0.05) is 59.6 Å². The van der Waals surface area contributed by atoms with Crippen molar-refractivity contribution in [2.45, 2.75) is 5.37 Å². The maximum Gasteiger partial charge on any atom is 0.238 e. The molecule has 5 heteroatoms. The molecule has 1 heterocycles. The second kappa shape index (κ2) is 6.32. The first-order valence-corrected chi connectivity index (χ1v) is 9.31. The minimum Gasteiger partial charge on any atom is -0.295 e. The van der Waals surface area contributed by atoms with Crippen LogP contribution in [0.3, 0.4) is 0 Å². The van der Waals surface area contributed by atoms with Crippen molar-refractivity contribution in [3.63, 3.8) is 0 Å². The number of fused-ring (bicyclic) bond motifs is 1. The molecule has 4 rings (SSSR count). The molecular weight excluding hydrogens is 361 g/mol. The van der Waals surface area contributed by atoms with E-state index in [0.29, 0.717) is 15.8 Å². The van der Waals surface area contributed by atoms with E-state index < -0.39 is 0 Å². The van der Waals surface area contributed by atoms with Crippen LogP contribution in [0.15, 0.2) is 60.7 Å². The fourth-order valence-corrected chi connectivity index (χ4v) is 4.75. The quantitative estimate of drug-likeness (QED) is 0.555. The van der Waals surface area contributed by atoms with E-state index >= 15 is 0 Å². The van der Waals surface area contributed by atoms with Gasteiger partial charge in [-0.25, -0.2) is 0 Å². The summed E-state index contributed by atoms with van der Waals surface area (Å²) in [6, 6.07) is 19.6. The minimum atomic E-state index is -0.136. The Labute approximate surface area is 154 Å². The highest BCUT2D eigenvalue weighted by Crippen LogP contribution is 2.44. The lowest BCUT2D eigenvalue weighted by atomic mass is 10.1. The summed E-state index contributed by atoms with van der Waals surface area (Å²) in [5.41, 5.74) is 1.80. The van der Waals surface area contributed by atoms with Gasteiger partial charge in [0.25, 0.3) is 0 Å². The van der Waals surface area contributed by atoms with Crippen molar-refractivity contribution in [2.24, 2.45) is 0 Å². The summed E-state index contributed by atoms with van der Waals surface area (Å²) in [7, 11) is 0. The second-order valence-corrected chi connectivity index (χ2v) is 7.54. The molecule has 1 fully saturated rings. The molecule has 1 amide bonds. The number of hydrogen-bond donors (Lipinski definition) is 0. The molecule has 120 valence electrons. The molecule has 1 aliphatic rings. The van der Waals surface area contributed by atoms with E-state index in [0.717, 1.165) is 22.0 Å². The topological polar surface area (TPSA) is 20.3 Å². The third-order valence-electron chi connectivity index (χ3n) is 4.11. The summed E-state index contributed by atoms with van der Waals surface area (Å²) in [4.78, 5) is 14.3. The number of rotatable bonds is 2. The lowest BCUT2D eigenvalue weighted by molar-refractivity contribution is -0.115. The molecular formula is C19H13Cl2NOS. The van der Waals surface area contributed by atoms with Gasteiger partial charge in [0.15, 0.2) is 0 Å². The van der Waals surface area contributed by atoms with Crippen LogP contribution in [0.4, 0.5) is 5.69 Å². The Morgan fingerprint density at radius 2 is 1.75 bits per heavy atom. The zero-order valence-electron chi connectivity index (χ0n) is 12.6. The SMILES string of the molecule is O=C1CS[C@@H](c2ccc(Cl)cc2Cl)N1c1ccc2ccccc2c1. The van der Waals surface area contributed by atoms with Crippen molar-refractivity contribution in [3.8, 4) is 0 Å². The highest BCUT2D eigenvalue weighted by Gasteiger charge is 2.35. The van der Waals surface area contributed by atoms with Gasteiger partial charge in [0.1, 0.15) is 5.37 Å². The Balaban J connectivity index is 1.79. The van der Waals surface area contributed by atoms with Gasteiger partial charge in [-0.3, -0.25) is 9.69 Å². The van der Waals surface area contributed by atoms with Crippen LogP contribution >= 0.6 is 35.0 Å². The molecule has 0 radical (unpaired) electrons. The number of hydrogen-bond acceptors (Lipinski definition) is 2. The second-order valence-electron chi connectivity index (χ2n) is 5.62. The number of halogens is 2. The summed E-state index contributed by atoms with van der Waals surface area (Å²) >= 11 is 13.9. The van der Waals surface area contributed by atoms with Gasteiger partial charge in [-0.2, -0.15) is 0 Å². The monoisotopic (exact) mass is 373 g/mol. The molecule has 0 saturated carbocycles. The first-order valence-electron chi connectivity index (χ1n) is 7.51. The van der Waals surface area contributed by atoms with Crippen LogP contribution in [0.25, 0.3) is 10.8 Å². The summed E-state index contributed by atoms with van der Waals surface area (Å²) in [5, 5.41) is 3.31. The summed E-state index contributed by atoms with van der Waals surface area (Å²) in [6.07, 6.45) is 0. The highest BCUT2D eigenvalue weighted by molar-refractivity contribution is 8.00. The van der Waals surface area contributed by atoms with Crippen molar-refractivity contribution in [3.05, 3.63) is 76.3 Å². The number of benzene rings is 3. The van der Waals surface area contributed by atoms with Crippen molar-refractivity contribution >= 4 is 57.3 Å². The Morgan fingerprint density at radius 1 is 0.958 bits per heavy atom. The largest absolute Gasteiger partial charge is 0.295 e. The van der Waals surface area contributed by atoms with E-state index in [1.54, 1.807) is 17.8 Å². The van der Waals surface area contributed by atoms with Gasteiger partial charge in [-0.05, 0) is 35.0 Å². The molecule has 3 aromatic carbocycles. The van der Waals surface area contributed by atoms with Gasteiger partial charge in [0.05, 0.1) is 5.75 Å². The molecule has 1 saturated heterocycles. The molecule has 0 bridgehead atoms. The van der Waals surface area contributed by atoms with Gasteiger partial charge < -0.3 is 0 Å². The zero-order valence-corrected chi connectivity index (χ0v) is 14.9. The van der Waals surface area contributed by atoms with Crippen molar-refractivity contribution in [2.75, 3.05) is 10.7 Å². The van der Waals surface area contributed by atoms with E-state index in [4.69, 9.17) is 23.2 Å². The minimum absolute atomic E-state index is 0.0892. The molecule has 0 spiro atoms. The number of anilines is 1. The maximum absolute atomic E-state index is 12.5. The molecule has 1 aliphatic heterocycles. The van der Waals surface area contributed by atoms with Gasteiger partial charge in [0, 0.05) is 21.3 Å². The van der Waals surface area contributed by atoms with E-state index in [2.05, 4.69) is 18.2 Å². The standard InChI is InChI=1S/C19H13Cl2NOS/c20-14-6-8-16(17(21)10-14)19-22(18(23)11-24-19)15-7-5-12-3-1-2-4-13(12)9-15/h1-10,19H,11H2/t19-/m0/s1. The molecule has 0 N–H and O–H groups in total. The molecule has 0 aliphatic carbocycles. The smallest absolute Gasteiger partial charge is 0.238 e. The van der Waals surface area contributed by atoms with Crippen LogP contribution < -0.4 is 4.90 Å². The Kier molecular flexibility index (Phi) is 4.17. The summed E-state index contributed by atoms with van der Waals surface area (Å²) in [6.45, 7) is 0. The Bertz CT molecular complexity index is 944. The Morgan fingerprint density at radius 3 is 2.54 bits per heavy atom. The third kappa shape index (κ3) is 2.77. The number of thioether (sulfide) groups is 1. The van der Waals surface area contributed by atoms with E-state index in [1.165, 1.54) is 0 Å². The number of nitrogens with zero attached hydrogens (tertiary/aromatic N) is 1. The molecule has 2 nitrogen and oxygen atoms in total. The number of carbonyl (C=O) groups is 1. The maximum atomic E-state index is 12.5. The Hall–Kier alpha value is -1.68. The molecule has 24 heavy (non-hydrogen) atoms. The highest BCUT2D eigenvalue weighted by atomic mass is 35.5. The average Bonchev–Trinajstić information content (AvgIpc) is 2.96. The van der Waals surface area contributed by atoms with Crippen LogP contribution in [0.1, 0.15) is 10.9 Å². The molecule has 0 aromatic heterocycles. The predicted molar refractivity (Wildman–Crippen MR) is 103 cm³/mol. The van der Waals surface area contributed by atoms with Crippen molar-refractivity contribution < 1.29 is 4.79 Å². The summed E-state index contributed by atoms with van der Waals surface area (Å²) in [5.74, 6) is 0.530. The predicted octanol–water partition coefficient (Wildman–Crippen LogP) is 5.93. The van der Waals surface area contributed by atoms with Crippen LogP contribution in [-0.2, 0) is 4.79 Å². The normalized spacial score (nSPS) is 17.7. The first kappa shape index (κ1) is 15.8. The number of carbonyl (C=O) groups excluding carboxylic acids is 1. The average molecular weight is 374 g/mol. The molecule has 0 unspecified atom stereocenters. The van der Waals surface area contributed by atoms with Crippen LogP contribution in [0.2, 0.25) is 10.0 Å². The molecule has 3 aromatic rings. The van der Waals surface area contributed by atoms with Gasteiger partial charge >= 0.3 is 0 Å². The van der Waals surface area contributed by atoms with Gasteiger partial charge in [0.2, 0.25) is 5.91 Å². The van der Waals surface area contributed by atoms with Crippen LogP contribution in [0, 0.1) is 0 Å².